The van der Waals surface area contributed by atoms with Crippen molar-refractivity contribution in [1.82, 2.24) is 0 Å². The van der Waals surface area contributed by atoms with Gasteiger partial charge < -0.3 is 9.47 Å². The van der Waals surface area contributed by atoms with E-state index in [1.165, 1.54) is 25.0 Å². The van der Waals surface area contributed by atoms with E-state index in [9.17, 15) is 18.0 Å². The monoisotopic (exact) mass is 436 g/mol. The van der Waals surface area contributed by atoms with Crippen LogP contribution in [-0.4, -0.2) is 18.8 Å². The Labute approximate surface area is 182 Å². The molecule has 0 heterocycles. The number of carbonyl (C=O) groups is 1. The molecule has 2 aromatic carbocycles. The summed E-state index contributed by atoms with van der Waals surface area (Å²) in [6, 6.07) is 14.1. The summed E-state index contributed by atoms with van der Waals surface area (Å²) in [4.78, 5) is 12.3. The molecule has 0 spiro atoms. The highest BCUT2D eigenvalue weighted by Crippen LogP contribution is 2.43. The third kappa shape index (κ3) is 6.74. The van der Waals surface area contributed by atoms with Crippen molar-refractivity contribution in [2.45, 2.75) is 65.5 Å². The third-order valence-electron chi connectivity index (χ3n) is 5.35. The van der Waals surface area contributed by atoms with Crippen LogP contribution in [0.3, 0.4) is 0 Å². The summed E-state index contributed by atoms with van der Waals surface area (Å²) in [5, 5.41) is 0. The van der Waals surface area contributed by atoms with Crippen LogP contribution >= 0.6 is 0 Å². The molecule has 31 heavy (non-hydrogen) atoms. The second kappa shape index (κ2) is 11.2. The van der Waals surface area contributed by atoms with Crippen molar-refractivity contribution < 1.29 is 27.4 Å². The number of benzene rings is 2. The standard InChI is InChI=1S/C25H31F3O3/c1-4-6-7-8-18-30-21-13-9-19(10-14-21)20-11-15-22(16-12-20)31-23(29)24(3,17-5-2)25(26,27)28/h9-16H,4-8,17-18H2,1-3H3. The molecule has 0 fully saturated rings. The van der Waals surface area contributed by atoms with E-state index in [4.69, 9.17) is 9.47 Å². The molecule has 170 valence electrons. The van der Waals surface area contributed by atoms with E-state index in [0.717, 1.165) is 36.6 Å². The average molecular weight is 437 g/mol. The van der Waals surface area contributed by atoms with Gasteiger partial charge in [-0.1, -0.05) is 63.8 Å². The Morgan fingerprint density at radius 2 is 1.35 bits per heavy atom. The Bertz CT molecular complexity index is 813. The van der Waals surface area contributed by atoms with Crippen LogP contribution in [0.2, 0.25) is 0 Å². The fourth-order valence-electron chi connectivity index (χ4n) is 3.26. The van der Waals surface area contributed by atoms with Crippen LogP contribution in [0.5, 0.6) is 11.5 Å². The van der Waals surface area contributed by atoms with E-state index in [-0.39, 0.29) is 18.6 Å². The largest absolute Gasteiger partial charge is 0.494 e. The molecule has 0 amide bonds. The smallest absolute Gasteiger partial charge is 0.404 e. The highest BCUT2D eigenvalue weighted by molar-refractivity contribution is 5.80. The van der Waals surface area contributed by atoms with Gasteiger partial charge in [-0.05, 0) is 55.2 Å². The highest BCUT2D eigenvalue weighted by Gasteiger charge is 2.57. The van der Waals surface area contributed by atoms with Crippen LogP contribution in [0, 0.1) is 5.41 Å². The zero-order valence-corrected chi connectivity index (χ0v) is 18.4. The maximum absolute atomic E-state index is 13.4. The van der Waals surface area contributed by atoms with Crippen molar-refractivity contribution in [1.29, 1.82) is 0 Å². The van der Waals surface area contributed by atoms with Crippen LogP contribution in [0.15, 0.2) is 48.5 Å². The van der Waals surface area contributed by atoms with E-state index in [0.29, 0.717) is 6.61 Å². The highest BCUT2D eigenvalue weighted by atomic mass is 19.4. The second-order valence-electron chi connectivity index (χ2n) is 7.93. The van der Waals surface area contributed by atoms with Gasteiger partial charge in [0.25, 0.3) is 0 Å². The Kier molecular flexibility index (Phi) is 8.96. The summed E-state index contributed by atoms with van der Waals surface area (Å²) in [6.07, 6.45) is -0.176. The molecule has 6 heteroatoms. The maximum atomic E-state index is 13.4. The minimum absolute atomic E-state index is 0.0901. The lowest BCUT2D eigenvalue weighted by molar-refractivity contribution is -0.226. The molecule has 0 saturated carbocycles. The minimum Gasteiger partial charge on any atom is -0.494 e. The molecular formula is C25H31F3O3. The van der Waals surface area contributed by atoms with Gasteiger partial charge in [0.1, 0.15) is 11.5 Å². The Morgan fingerprint density at radius 1 is 0.806 bits per heavy atom. The maximum Gasteiger partial charge on any atom is 0.404 e. The van der Waals surface area contributed by atoms with Gasteiger partial charge in [0, 0.05) is 0 Å². The van der Waals surface area contributed by atoms with Gasteiger partial charge in [0.05, 0.1) is 6.61 Å². The molecule has 0 aliphatic rings. The predicted octanol–water partition coefficient (Wildman–Crippen LogP) is 7.59. The van der Waals surface area contributed by atoms with E-state index in [1.54, 1.807) is 19.1 Å². The lowest BCUT2D eigenvalue weighted by Gasteiger charge is -2.29. The number of alkyl halides is 3. The summed E-state index contributed by atoms with van der Waals surface area (Å²) in [6.45, 7) is 5.35. The van der Waals surface area contributed by atoms with Gasteiger partial charge in [-0.2, -0.15) is 13.2 Å². The van der Waals surface area contributed by atoms with Crippen LogP contribution in [0.4, 0.5) is 13.2 Å². The van der Waals surface area contributed by atoms with E-state index in [2.05, 4.69) is 6.92 Å². The topological polar surface area (TPSA) is 35.5 Å². The zero-order chi connectivity index (χ0) is 22.9. The number of carbonyl (C=O) groups excluding carboxylic acids is 1. The summed E-state index contributed by atoms with van der Waals surface area (Å²) in [5.41, 5.74) is -0.726. The Hall–Kier alpha value is -2.50. The first-order valence-corrected chi connectivity index (χ1v) is 10.8. The van der Waals surface area contributed by atoms with Gasteiger partial charge in [-0.15, -0.1) is 0 Å². The van der Waals surface area contributed by atoms with Gasteiger partial charge in [-0.3, -0.25) is 4.79 Å². The number of rotatable bonds is 11. The fourth-order valence-corrected chi connectivity index (χ4v) is 3.26. The molecule has 0 radical (unpaired) electrons. The van der Waals surface area contributed by atoms with Crippen molar-refractivity contribution in [2.75, 3.05) is 6.61 Å². The molecule has 2 rings (SSSR count). The summed E-state index contributed by atoms with van der Waals surface area (Å²) >= 11 is 0. The van der Waals surface area contributed by atoms with Crippen molar-refractivity contribution in [3.8, 4) is 22.6 Å². The van der Waals surface area contributed by atoms with Crippen molar-refractivity contribution in [3.05, 3.63) is 48.5 Å². The van der Waals surface area contributed by atoms with Crippen molar-refractivity contribution in [2.24, 2.45) is 5.41 Å². The molecule has 0 aliphatic heterocycles. The van der Waals surface area contributed by atoms with Crippen LogP contribution in [0.25, 0.3) is 11.1 Å². The van der Waals surface area contributed by atoms with E-state index >= 15 is 0 Å². The molecule has 0 N–H and O–H groups in total. The number of unbranched alkanes of at least 4 members (excludes halogenated alkanes) is 3. The first kappa shape index (κ1) is 24.8. The number of ether oxygens (including phenoxy) is 2. The lowest BCUT2D eigenvalue weighted by atomic mass is 9.85. The van der Waals surface area contributed by atoms with Gasteiger partial charge in [0.2, 0.25) is 0 Å². The zero-order valence-electron chi connectivity index (χ0n) is 18.4. The van der Waals surface area contributed by atoms with E-state index in [1.807, 2.05) is 24.3 Å². The first-order valence-electron chi connectivity index (χ1n) is 10.8. The summed E-state index contributed by atoms with van der Waals surface area (Å²) in [5.74, 6) is -0.393. The molecule has 1 unspecified atom stereocenters. The normalized spacial score (nSPS) is 13.5. The van der Waals surface area contributed by atoms with Gasteiger partial charge >= 0.3 is 12.1 Å². The minimum atomic E-state index is -4.67. The lowest BCUT2D eigenvalue weighted by Crippen LogP contribution is -2.44. The first-order chi connectivity index (χ1) is 14.7. The molecule has 3 nitrogen and oxygen atoms in total. The molecule has 0 aromatic heterocycles. The Balaban J connectivity index is 1.99. The number of hydrogen-bond donors (Lipinski definition) is 0. The fraction of sp³-hybridized carbons (Fsp3) is 0.480. The van der Waals surface area contributed by atoms with Crippen molar-refractivity contribution in [3.63, 3.8) is 0 Å². The van der Waals surface area contributed by atoms with Gasteiger partial charge in [-0.25, -0.2) is 0 Å². The van der Waals surface area contributed by atoms with Crippen LogP contribution in [0.1, 0.15) is 59.3 Å². The number of esters is 1. The number of halogens is 3. The molecule has 0 bridgehead atoms. The third-order valence-corrected chi connectivity index (χ3v) is 5.35. The predicted molar refractivity (Wildman–Crippen MR) is 116 cm³/mol. The number of hydrogen-bond acceptors (Lipinski definition) is 3. The average Bonchev–Trinajstić information content (AvgIpc) is 2.74. The summed E-state index contributed by atoms with van der Waals surface area (Å²) < 4.78 is 50.9. The molecule has 0 saturated heterocycles. The van der Waals surface area contributed by atoms with Crippen LogP contribution in [-0.2, 0) is 4.79 Å². The SMILES string of the molecule is CCCCCCOc1ccc(-c2ccc(OC(=O)C(C)(CCC)C(F)(F)F)cc2)cc1. The molecular weight excluding hydrogens is 405 g/mol. The van der Waals surface area contributed by atoms with Crippen molar-refractivity contribution >= 4 is 5.97 Å². The second-order valence-corrected chi connectivity index (χ2v) is 7.93. The summed E-state index contributed by atoms with van der Waals surface area (Å²) in [7, 11) is 0. The van der Waals surface area contributed by atoms with Crippen LogP contribution < -0.4 is 9.47 Å². The molecule has 2 aromatic rings. The molecule has 1 atom stereocenters. The Morgan fingerprint density at radius 3 is 1.84 bits per heavy atom. The molecule has 0 aliphatic carbocycles. The quantitative estimate of drug-likeness (QED) is 0.207. The van der Waals surface area contributed by atoms with E-state index < -0.39 is 17.6 Å². The van der Waals surface area contributed by atoms with Gasteiger partial charge in [0.15, 0.2) is 5.41 Å².